The zero-order valence-corrected chi connectivity index (χ0v) is 21.1. The van der Waals surface area contributed by atoms with Crippen molar-refractivity contribution < 1.29 is 19.1 Å². The monoisotopic (exact) mass is 535 g/mol. The lowest BCUT2D eigenvalue weighted by Gasteiger charge is -2.14. The van der Waals surface area contributed by atoms with E-state index in [2.05, 4.69) is 16.0 Å². The Bertz CT molecular complexity index is 1420. The Balaban J connectivity index is 1.44. The number of carbonyl (C=O) groups excluding carboxylic acids is 3. The number of ether oxygens (including phenoxy) is 1. The van der Waals surface area contributed by atoms with Crippen LogP contribution >= 0.6 is 23.2 Å². The van der Waals surface area contributed by atoms with Gasteiger partial charge in [0, 0.05) is 13.1 Å². The zero-order chi connectivity index (χ0) is 26.2. The SMILES string of the molecule is O=C(Nc1cc2ccccc2cc1C(=O)OC(=O)CCNCc1ccccc1)Nc1c(Cl)cccc1Cl. The molecule has 0 saturated carbocycles. The summed E-state index contributed by atoms with van der Waals surface area (Å²) in [5, 5.41) is 10.4. The molecule has 2 amide bonds. The fourth-order valence-corrected chi connectivity index (χ4v) is 4.12. The standard InChI is InChI=1S/C28H23Cl2N3O4/c29-22-11-6-12-23(30)26(22)33-28(36)32-24-16-20-10-5-4-9-19(20)15-21(24)27(35)37-25(34)13-14-31-17-18-7-2-1-3-8-18/h1-12,15-16,31H,13-14,17H2,(H2,32,33,36). The predicted octanol–water partition coefficient (Wildman–Crippen LogP) is 6.65. The van der Waals surface area contributed by atoms with Crippen LogP contribution in [-0.4, -0.2) is 24.5 Å². The van der Waals surface area contributed by atoms with E-state index in [1.165, 1.54) is 0 Å². The highest BCUT2D eigenvalue weighted by Crippen LogP contribution is 2.30. The van der Waals surface area contributed by atoms with E-state index < -0.39 is 18.0 Å². The van der Waals surface area contributed by atoms with Gasteiger partial charge in [-0.1, -0.05) is 83.9 Å². The smallest absolute Gasteiger partial charge is 0.347 e. The van der Waals surface area contributed by atoms with Crippen LogP contribution in [0.2, 0.25) is 10.0 Å². The van der Waals surface area contributed by atoms with Crippen molar-refractivity contribution in [2.45, 2.75) is 13.0 Å². The van der Waals surface area contributed by atoms with Gasteiger partial charge in [0.15, 0.2) is 0 Å². The average molecular weight is 536 g/mol. The molecule has 3 N–H and O–H groups in total. The van der Waals surface area contributed by atoms with E-state index in [9.17, 15) is 14.4 Å². The highest BCUT2D eigenvalue weighted by molar-refractivity contribution is 6.39. The summed E-state index contributed by atoms with van der Waals surface area (Å²) in [5.41, 5.74) is 1.51. The number of amides is 2. The number of esters is 2. The maximum absolute atomic E-state index is 12.9. The molecule has 4 aromatic rings. The third kappa shape index (κ3) is 7.07. The lowest BCUT2D eigenvalue weighted by Crippen LogP contribution is -2.23. The number of hydrogen-bond donors (Lipinski definition) is 3. The normalized spacial score (nSPS) is 10.6. The topological polar surface area (TPSA) is 96.5 Å². The number of rotatable bonds is 8. The van der Waals surface area contributed by atoms with Gasteiger partial charge in [0.1, 0.15) is 0 Å². The van der Waals surface area contributed by atoms with Crippen molar-refractivity contribution in [1.29, 1.82) is 0 Å². The lowest BCUT2D eigenvalue weighted by atomic mass is 10.0. The third-order valence-corrected chi connectivity index (χ3v) is 6.07. The minimum Gasteiger partial charge on any atom is -0.389 e. The molecule has 37 heavy (non-hydrogen) atoms. The highest BCUT2D eigenvalue weighted by Gasteiger charge is 2.20. The highest BCUT2D eigenvalue weighted by atomic mass is 35.5. The van der Waals surface area contributed by atoms with E-state index in [0.717, 1.165) is 16.3 Å². The van der Waals surface area contributed by atoms with Crippen molar-refractivity contribution in [3.05, 3.63) is 106 Å². The lowest BCUT2D eigenvalue weighted by molar-refractivity contribution is -0.137. The molecule has 188 valence electrons. The van der Waals surface area contributed by atoms with Crippen molar-refractivity contribution in [2.75, 3.05) is 17.2 Å². The van der Waals surface area contributed by atoms with E-state index >= 15 is 0 Å². The minimum atomic E-state index is -0.870. The molecule has 7 nitrogen and oxygen atoms in total. The molecule has 0 saturated heterocycles. The Morgan fingerprint density at radius 1 is 0.757 bits per heavy atom. The van der Waals surface area contributed by atoms with Crippen molar-refractivity contribution in [3.63, 3.8) is 0 Å². The Morgan fingerprint density at radius 3 is 2.11 bits per heavy atom. The van der Waals surface area contributed by atoms with Crippen LogP contribution in [0.5, 0.6) is 0 Å². The summed E-state index contributed by atoms with van der Waals surface area (Å²) >= 11 is 12.3. The number of hydrogen-bond acceptors (Lipinski definition) is 5. The van der Waals surface area contributed by atoms with Crippen molar-refractivity contribution in [1.82, 2.24) is 5.32 Å². The first-order valence-corrected chi connectivity index (χ1v) is 12.2. The molecular weight excluding hydrogens is 513 g/mol. The number of fused-ring (bicyclic) bond motifs is 1. The summed E-state index contributed by atoms with van der Waals surface area (Å²) in [6.07, 6.45) is 0.000405. The molecule has 0 fully saturated rings. The molecule has 0 unspecified atom stereocenters. The summed E-state index contributed by atoms with van der Waals surface area (Å²) < 4.78 is 5.08. The molecule has 0 aliphatic carbocycles. The fraction of sp³-hybridized carbons (Fsp3) is 0.107. The second-order valence-electron chi connectivity index (χ2n) is 8.09. The Kier molecular flexibility index (Phi) is 8.74. The number of para-hydroxylation sites is 1. The third-order valence-electron chi connectivity index (χ3n) is 5.44. The molecule has 0 bridgehead atoms. The molecule has 0 spiro atoms. The van der Waals surface area contributed by atoms with Gasteiger partial charge >= 0.3 is 18.0 Å². The van der Waals surface area contributed by atoms with Gasteiger partial charge in [0.25, 0.3) is 0 Å². The van der Waals surface area contributed by atoms with E-state index in [4.69, 9.17) is 27.9 Å². The van der Waals surface area contributed by atoms with E-state index in [1.807, 2.05) is 54.6 Å². The van der Waals surface area contributed by atoms with Crippen molar-refractivity contribution >= 4 is 63.3 Å². The molecule has 9 heteroatoms. The number of anilines is 2. The summed E-state index contributed by atoms with van der Waals surface area (Å²) in [6.45, 7) is 0.927. The first kappa shape index (κ1) is 26.2. The van der Waals surface area contributed by atoms with E-state index in [0.29, 0.717) is 13.1 Å². The van der Waals surface area contributed by atoms with Gasteiger partial charge in [0.05, 0.1) is 33.4 Å². The number of urea groups is 1. The first-order chi connectivity index (χ1) is 17.9. The van der Waals surface area contributed by atoms with Gasteiger partial charge in [-0.15, -0.1) is 0 Å². The van der Waals surface area contributed by atoms with Crippen LogP contribution in [0.25, 0.3) is 10.8 Å². The number of halogens is 2. The van der Waals surface area contributed by atoms with Crippen LogP contribution in [0.15, 0.2) is 84.9 Å². The summed E-state index contributed by atoms with van der Waals surface area (Å²) in [7, 11) is 0. The molecular formula is C28H23Cl2N3O4. The molecule has 0 aliphatic heterocycles. The number of nitrogens with one attached hydrogen (secondary N) is 3. The Morgan fingerprint density at radius 2 is 1.41 bits per heavy atom. The van der Waals surface area contributed by atoms with Crippen LogP contribution in [-0.2, 0) is 16.1 Å². The zero-order valence-electron chi connectivity index (χ0n) is 19.6. The number of benzene rings is 4. The minimum absolute atomic E-state index is 0.000405. The second kappa shape index (κ2) is 12.4. The maximum Gasteiger partial charge on any atom is 0.347 e. The van der Waals surface area contributed by atoms with Crippen molar-refractivity contribution in [3.8, 4) is 0 Å². The van der Waals surface area contributed by atoms with Gasteiger partial charge in [-0.25, -0.2) is 9.59 Å². The summed E-state index contributed by atoms with van der Waals surface area (Å²) in [4.78, 5) is 38.0. The van der Waals surface area contributed by atoms with E-state index in [-0.39, 0.29) is 33.4 Å². The van der Waals surface area contributed by atoms with Crippen LogP contribution in [0.1, 0.15) is 22.3 Å². The van der Waals surface area contributed by atoms with Gasteiger partial charge in [-0.05, 0) is 40.6 Å². The van der Waals surface area contributed by atoms with Gasteiger partial charge in [-0.2, -0.15) is 0 Å². The predicted molar refractivity (Wildman–Crippen MR) is 146 cm³/mol. The van der Waals surface area contributed by atoms with E-state index in [1.54, 1.807) is 30.3 Å². The maximum atomic E-state index is 12.9. The number of carbonyl (C=O) groups is 3. The summed E-state index contributed by atoms with van der Waals surface area (Å²) in [6, 6.07) is 24.4. The molecule has 0 aromatic heterocycles. The largest absolute Gasteiger partial charge is 0.389 e. The van der Waals surface area contributed by atoms with Gasteiger partial charge < -0.3 is 20.7 Å². The molecule has 0 heterocycles. The van der Waals surface area contributed by atoms with Crippen molar-refractivity contribution in [2.24, 2.45) is 0 Å². The first-order valence-electron chi connectivity index (χ1n) is 11.4. The van der Waals surface area contributed by atoms with Crippen LogP contribution in [0, 0.1) is 0 Å². The average Bonchev–Trinajstić information content (AvgIpc) is 2.89. The van der Waals surface area contributed by atoms with Crippen LogP contribution < -0.4 is 16.0 Å². The quantitative estimate of drug-likeness (QED) is 0.133. The van der Waals surface area contributed by atoms with Crippen LogP contribution in [0.3, 0.4) is 0 Å². The Labute approximate surface area is 223 Å². The summed E-state index contributed by atoms with van der Waals surface area (Å²) in [5.74, 6) is -1.55. The Hall–Kier alpha value is -3.91. The molecule has 4 rings (SSSR count). The molecule has 0 atom stereocenters. The molecule has 0 aliphatic rings. The van der Waals surface area contributed by atoms with Gasteiger partial charge in [-0.3, -0.25) is 4.79 Å². The molecule has 0 radical (unpaired) electrons. The fourth-order valence-electron chi connectivity index (χ4n) is 3.63. The van der Waals surface area contributed by atoms with Crippen LogP contribution in [0.4, 0.5) is 16.2 Å². The second-order valence-corrected chi connectivity index (χ2v) is 8.91. The van der Waals surface area contributed by atoms with Gasteiger partial charge in [0.2, 0.25) is 0 Å². The molecule has 4 aromatic carbocycles.